The molecule has 0 aliphatic heterocycles. The Hall–Kier alpha value is -1.97. The molecule has 2 atom stereocenters. The lowest BCUT2D eigenvalue weighted by Crippen LogP contribution is -2.44. The molecule has 0 radical (unpaired) electrons. The van der Waals surface area contributed by atoms with Gasteiger partial charge in [0.2, 0.25) is 0 Å². The van der Waals surface area contributed by atoms with Crippen LogP contribution in [0.2, 0.25) is 0 Å². The Balaban J connectivity index is 2.12. The van der Waals surface area contributed by atoms with Crippen LogP contribution in [0.15, 0.2) is 54.1 Å². The number of halogens is 1. The number of rotatable bonds is 4. The molecule has 26 heavy (non-hydrogen) atoms. The number of hydrogen-bond donors (Lipinski definition) is 1. The van der Waals surface area contributed by atoms with E-state index < -0.39 is 5.60 Å². The Morgan fingerprint density at radius 2 is 1.92 bits per heavy atom. The first-order valence-corrected chi connectivity index (χ1v) is 9.31. The van der Waals surface area contributed by atoms with Gasteiger partial charge in [0.1, 0.15) is 11.4 Å². The standard InChI is InChI=1S/C23H28FNO/c1-17-14-20(12-13-22(17)24)23(26)19(15-18-8-5-4-6-9-18)10-7-11-21(23)16-25(2)3/h4-6,8-9,12-15,21,26H,7,10-11,16H2,1-3H3/b19-15+. The van der Waals surface area contributed by atoms with Crippen LogP contribution in [0.1, 0.15) is 36.0 Å². The zero-order chi connectivity index (χ0) is 18.7. The molecule has 0 heterocycles. The second-order valence-corrected chi connectivity index (χ2v) is 7.66. The van der Waals surface area contributed by atoms with Gasteiger partial charge in [0, 0.05) is 12.5 Å². The van der Waals surface area contributed by atoms with Crippen LogP contribution >= 0.6 is 0 Å². The van der Waals surface area contributed by atoms with E-state index in [9.17, 15) is 9.50 Å². The molecule has 1 aliphatic rings. The Labute approximate surface area is 156 Å². The maximum absolute atomic E-state index is 13.8. The van der Waals surface area contributed by atoms with Crippen molar-refractivity contribution in [3.8, 4) is 0 Å². The van der Waals surface area contributed by atoms with Crippen molar-refractivity contribution < 1.29 is 9.50 Å². The van der Waals surface area contributed by atoms with Gasteiger partial charge in [-0.05, 0) is 74.7 Å². The van der Waals surface area contributed by atoms with E-state index in [1.54, 1.807) is 13.0 Å². The first-order valence-electron chi connectivity index (χ1n) is 9.31. The highest BCUT2D eigenvalue weighted by atomic mass is 19.1. The highest BCUT2D eigenvalue weighted by molar-refractivity contribution is 5.57. The molecule has 0 aromatic heterocycles. The van der Waals surface area contributed by atoms with Gasteiger partial charge >= 0.3 is 0 Å². The van der Waals surface area contributed by atoms with Crippen LogP contribution in [0.5, 0.6) is 0 Å². The van der Waals surface area contributed by atoms with Gasteiger partial charge in [-0.1, -0.05) is 42.5 Å². The van der Waals surface area contributed by atoms with Crippen LogP contribution in [0, 0.1) is 18.7 Å². The lowest BCUT2D eigenvalue weighted by Gasteiger charge is -2.44. The molecular weight excluding hydrogens is 325 g/mol. The van der Waals surface area contributed by atoms with Crippen molar-refractivity contribution in [2.24, 2.45) is 5.92 Å². The average Bonchev–Trinajstić information content (AvgIpc) is 2.61. The fourth-order valence-corrected chi connectivity index (χ4v) is 4.10. The van der Waals surface area contributed by atoms with Crippen LogP contribution in [-0.2, 0) is 5.60 Å². The molecule has 1 N–H and O–H groups in total. The summed E-state index contributed by atoms with van der Waals surface area (Å²) in [6.07, 6.45) is 4.98. The fraction of sp³-hybridized carbons (Fsp3) is 0.391. The lowest BCUT2D eigenvalue weighted by atomic mass is 9.67. The molecular formula is C23H28FNO. The maximum atomic E-state index is 13.8. The molecule has 1 fully saturated rings. The van der Waals surface area contributed by atoms with E-state index in [-0.39, 0.29) is 11.7 Å². The molecule has 138 valence electrons. The lowest BCUT2D eigenvalue weighted by molar-refractivity contribution is -0.0175. The normalized spacial score (nSPS) is 25.0. The molecule has 2 nitrogen and oxygen atoms in total. The van der Waals surface area contributed by atoms with Crippen LogP contribution in [-0.4, -0.2) is 30.6 Å². The van der Waals surface area contributed by atoms with E-state index in [2.05, 4.69) is 23.1 Å². The third-order valence-corrected chi connectivity index (χ3v) is 5.40. The van der Waals surface area contributed by atoms with E-state index in [1.807, 2.05) is 38.4 Å². The predicted octanol–water partition coefficient (Wildman–Crippen LogP) is 4.77. The van der Waals surface area contributed by atoms with Crippen LogP contribution < -0.4 is 0 Å². The first-order chi connectivity index (χ1) is 12.4. The van der Waals surface area contributed by atoms with E-state index in [4.69, 9.17) is 0 Å². The van der Waals surface area contributed by atoms with Gasteiger partial charge in [0.25, 0.3) is 0 Å². The Morgan fingerprint density at radius 1 is 1.19 bits per heavy atom. The highest BCUT2D eigenvalue weighted by Crippen LogP contribution is 2.46. The smallest absolute Gasteiger partial charge is 0.126 e. The largest absolute Gasteiger partial charge is 0.380 e. The van der Waals surface area contributed by atoms with Crippen molar-refractivity contribution in [1.29, 1.82) is 0 Å². The summed E-state index contributed by atoms with van der Waals surface area (Å²) >= 11 is 0. The quantitative estimate of drug-likeness (QED) is 0.856. The summed E-state index contributed by atoms with van der Waals surface area (Å²) in [5.74, 6) is -0.156. The number of aryl methyl sites for hydroxylation is 1. The van der Waals surface area contributed by atoms with Crippen molar-refractivity contribution in [3.63, 3.8) is 0 Å². The summed E-state index contributed by atoms with van der Waals surface area (Å²) < 4.78 is 13.8. The Kier molecular flexibility index (Phi) is 5.59. The molecule has 2 aromatic carbocycles. The molecule has 2 aromatic rings. The second-order valence-electron chi connectivity index (χ2n) is 7.66. The minimum absolute atomic E-state index is 0.0751. The molecule has 0 saturated heterocycles. The minimum Gasteiger partial charge on any atom is -0.380 e. The van der Waals surface area contributed by atoms with Crippen molar-refractivity contribution in [1.82, 2.24) is 4.90 Å². The number of nitrogens with zero attached hydrogens (tertiary/aromatic N) is 1. The van der Waals surface area contributed by atoms with Crippen molar-refractivity contribution in [3.05, 3.63) is 76.6 Å². The molecule has 3 heteroatoms. The van der Waals surface area contributed by atoms with Gasteiger partial charge < -0.3 is 10.0 Å². The van der Waals surface area contributed by atoms with Gasteiger partial charge in [-0.25, -0.2) is 4.39 Å². The fourth-order valence-electron chi connectivity index (χ4n) is 4.10. The topological polar surface area (TPSA) is 23.5 Å². The van der Waals surface area contributed by atoms with E-state index in [1.165, 1.54) is 6.07 Å². The van der Waals surface area contributed by atoms with Crippen molar-refractivity contribution in [2.75, 3.05) is 20.6 Å². The van der Waals surface area contributed by atoms with Crippen molar-refractivity contribution in [2.45, 2.75) is 31.8 Å². The van der Waals surface area contributed by atoms with Crippen LogP contribution in [0.4, 0.5) is 4.39 Å². The zero-order valence-corrected chi connectivity index (χ0v) is 15.9. The summed E-state index contributed by atoms with van der Waals surface area (Å²) in [6, 6.07) is 15.1. The molecule has 0 spiro atoms. The van der Waals surface area contributed by atoms with E-state index >= 15 is 0 Å². The maximum Gasteiger partial charge on any atom is 0.126 e. The molecule has 3 rings (SSSR count). The molecule has 1 aliphatic carbocycles. The average molecular weight is 353 g/mol. The summed E-state index contributed by atoms with van der Waals surface area (Å²) in [6.45, 7) is 2.55. The van der Waals surface area contributed by atoms with Crippen LogP contribution in [0.3, 0.4) is 0 Å². The van der Waals surface area contributed by atoms with Crippen molar-refractivity contribution >= 4 is 6.08 Å². The highest BCUT2D eigenvalue weighted by Gasteiger charge is 2.44. The Morgan fingerprint density at radius 3 is 2.58 bits per heavy atom. The third kappa shape index (κ3) is 3.74. The molecule has 2 unspecified atom stereocenters. The summed E-state index contributed by atoms with van der Waals surface area (Å²) in [5.41, 5.74) is 2.41. The molecule has 1 saturated carbocycles. The summed E-state index contributed by atoms with van der Waals surface area (Å²) in [4.78, 5) is 2.12. The second kappa shape index (κ2) is 7.73. The number of benzene rings is 2. The van der Waals surface area contributed by atoms with Gasteiger partial charge in [-0.2, -0.15) is 0 Å². The first kappa shape index (κ1) is 18.8. The van der Waals surface area contributed by atoms with Gasteiger partial charge in [0.05, 0.1) is 0 Å². The third-order valence-electron chi connectivity index (χ3n) is 5.40. The number of aliphatic hydroxyl groups is 1. The van der Waals surface area contributed by atoms with Gasteiger partial charge in [-0.3, -0.25) is 0 Å². The van der Waals surface area contributed by atoms with E-state index in [0.29, 0.717) is 5.56 Å². The SMILES string of the molecule is Cc1cc(C2(O)/C(=C/c3ccccc3)CCCC2CN(C)C)ccc1F. The monoisotopic (exact) mass is 353 g/mol. The minimum atomic E-state index is -1.07. The molecule has 0 amide bonds. The van der Waals surface area contributed by atoms with Gasteiger partial charge in [0.15, 0.2) is 0 Å². The number of hydrogen-bond acceptors (Lipinski definition) is 2. The van der Waals surface area contributed by atoms with Gasteiger partial charge in [-0.15, -0.1) is 0 Å². The Bertz CT molecular complexity index is 784. The van der Waals surface area contributed by atoms with E-state index in [0.717, 1.165) is 42.5 Å². The zero-order valence-electron chi connectivity index (χ0n) is 15.9. The summed E-state index contributed by atoms with van der Waals surface area (Å²) in [7, 11) is 4.07. The molecule has 0 bridgehead atoms. The van der Waals surface area contributed by atoms with Crippen LogP contribution in [0.25, 0.3) is 6.08 Å². The summed E-state index contributed by atoms with van der Waals surface area (Å²) in [5, 5.41) is 12.0. The predicted molar refractivity (Wildman–Crippen MR) is 105 cm³/mol.